The van der Waals surface area contributed by atoms with Gasteiger partial charge in [0.25, 0.3) is 5.91 Å². The lowest BCUT2D eigenvalue weighted by Gasteiger charge is -2.39. The first-order valence-corrected chi connectivity index (χ1v) is 9.76. The summed E-state index contributed by atoms with van der Waals surface area (Å²) < 4.78 is 1.71. The molecule has 0 atom stereocenters. The number of carbonyl (C=O) groups is 2. The van der Waals surface area contributed by atoms with E-state index in [1.807, 2.05) is 35.1 Å². The SMILES string of the molecule is CCN1CC2(CCN(C(=O)c3cc(-n4cccn4)ccc3Cl)CC2)CC1=O. The third-order valence-corrected chi connectivity index (χ3v) is 6.18. The van der Waals surface area contributed by atoms with E-state index in [1.54, 1.807) is 23.0 Å². The molecule has 6 nitrogen and oxygen atoms in total. The topological polar surface area (TPSA) is 58.4 Å². The first kappa shape index (κ1) is 18.0. The van der Waals surface area contributed by atoms with Crippen molar-refractivity contribution in [2.75, 3.05) is 26.2 Å². The molecule has 2 aliphatic heterocycles. The van der Waals surface area contributed by atoms with E-state index in [1.165, 1.54) is 0 Å². The highest BCUT2D eigenvalue weighted by Crippen LogP contribution is 2.41. The van der Waals surface area contributed by atoms with Crippen LogP contribution in [0, 0.1) is 5.41 Å². The fourth-order valence-corrected chi connectivity index (χ4v) is 4.40. The number of rotatable bonds is 3. The minimum atomic E-state index is -0.0551. The third-order valence-electron chi connectivity index (χ3n) is 5.85. The number of hydrogen-bond acceptors (Lipinski definition) is 3. The third kappa shape index (κ3) is 3.34. The molecule has 2 aliphatic rings. The molecule has 7 heteroatoms. The number of benzene rings is 1. The van der Waals surface area contributed by atoms with Gasteiger partial charge in [-0.1, -0.05) is 11.6 Å². The number of piperidine rings is 1. The monoisotopic (exact) mass is 386 g/mol. The van der Waals surface area contributed by atoms with Gasteiger partial charge in [0, 0.05) is 50.4 Å². The molecule has 0 N–H and O–H groups in total. The molecule has 142 valence electrons. The quantitative estimate of drug-likeness (QED) is 0.814. The van der Waals surface area contributed by atoms with E-state index in [4.69, 9.17) is 11.6 Å². The summed E-state index contributed by atoms with van der Waals surface area (Å²) in [5.74, 6) is 0.188. The molecule has 2 aromatic rings. The number of carbonyl (C=O) groups excluding carboxylic acids is 2. The van der Waals surface area contributed by atoms with Crippen LogP contribution in [0.5, 0.6) is 0 Å². The summed E-state index contributed by atoms with van der Waals surface area (Å²) >= 11 is 6.32. The van der Waals surface area contributed by atoms with Gasteiger partial charge in [-0.15, -0.1) is 0 Å². The van der Waals surface area contributed by atoms with Crippen LogP contribution in [0.4, 0.5) is 0 Å². The van der Waals surface area contributed by atoms with Crippen LogP contribution in [0.1, 0.15) is 36.5 Å². The number of aromatic nitrogens is 2. The summed E-state index contributed by atoms with van der Waals surface area (Å²) in [5, 5.41) is 4.66. The summed E-state index contributed by atoms with van der Waals surface area (Å²) in [6, 6.07) is 7.22. The largest absolute Gasteiger partial charge is 0.342 e. The van der Waals surface area contributed by atoms with E-state index in [0.29, 0.717) is 30.1 Å². The van der Waals surface area contributed by atoms with E-state index in [-0.39, 0.29) is 17.2 Å². The van der Waals surface area contributed by atoms with Crippen molar-refractivity contribution in [3.8, 4) is 5.69 Å². The summed E-state index contributed by atoms with van der Waals surface area (Å²) in [6.45, 7) is 4.92. The van der Waals surface area contributed by atoms with Gasteiger partial charge >= 0.3 is 0 Å². The molecule has 0 bridgehead atoms. The number of amides is 2. The minimum absolute atomic E-state index is 0.0323. The summed E-state index contributed by atoms with van der Waals surface area (Å²) in [4.78, 5) is 29.0. The lowest BCUT2D eigenvalue weighted by molar-refractivity contribution is -0.127. The molecule has 2 fully saturated rings. The zero-order chi connectivity index (χ0) is 19.0. The molecule has 0 radical (unpaired) electrons. The van der Waals surface area contributed by atoms with Crippen molar-refractivity contribution in [3.05, 3.63) is 47.2 Å². The summed E-state index contributed by atoms with van der Waals surface area (Å²) in [6.07, 6.45) is 5.86. The molecule has 0 aliphatic carbocycles. The number of likely N-dealkylation sites (tertiary alicyclic amines) is 2. The number of halogens is 1. The molecule has 0 saturated carbocycles. The predicted molar refractivity (Wildman–Crippen MR) is 103 cm³/mol. The van der Waals surface area contributed by atoms with E-state index in [9.17, 15) is 9.59 Å². The Morgan fingerprint density at radius 1 is 1.30 bits per heavy atom. The van der Waals surface area contributed by atoms with Crippen LogP contribution in [-0.2, 0) is 4.79 Å². The molecule has 2 amide bonds. The van der Waals surface area contributed by atoms with Crippen LogP contribution in [0.2, 0.25) is 5.02 Å². The Labute approximate surface area is 163 Å². The fourth-order valence-electron chi connectivity index (χ4n) is 4.20. The van der Waals surface area contributed by atoms with Crippen molar-refractivity contribution in [2.45, 2.75) is 26.2 Å². The van der Waals surface area contributed by atoms with Crippen molar-refractivity contribution in [1.29, 1.82) is 0 Å². The highest BCUT2D eigenvalue weighted by molar-refractivity contribution is 6.33. The lowest BCUT2D eigenvalue weighted by atomic mass is 9.77. The average molecular weight is 387 g/mol. The first-order chi connectivity index (χ1) is 13.0. The zero-order valence-electron chi connectivity index (χ0n) is 15.4. The Morgan fingerprint density at radius 3 is 2.70 bits per heavy atom. The molecule has 1 spiro atoms. The smallest absolute Gasteiger partial charge is 0.255 e. The maximum absolute atomic E-state index is 13.1. The van der Waals surface area contributed by atoms with Crippen molar-refractivity contribution in [3.63, 3.8) is 0 Å². The number of nitrogens with zero attached hydrogens (tertiary/aromatic N) is 4. The molecule has 3 heterocycles. The maximum atomic E-state index is 13.1. The Bertz CT molecular complexity index is 857. The molecular weight excluding hydrogens is 364 g/mol. The van der Waals surface area contributed by atoms with E-state index in [0.717, 1.165) is 31.6 Å². The van der Waals surface area contributed by atoms with E-state index < -0.39 is 0 Å². The Morgan fingerprint density at radius 2 is 2.07 bits per heavy atom. The first-order valence-electron chi connectivity index (χ1n) is 9.38. The van der Waals surface area contributed by atoms with Gasteiger partial charge in [0.05, 0.1) is 16.3 Å². The van der Waals surface area contributed by atoms with E-state index in [2.05, 4.69) is 5.10 Å². The van der Waals surface area contributed by atoms with Crippen LogP contribution >= 0.6 is 11.6 Å². The standard InChI is InChI=1S/C20H23ClN4O2/c1-2-23-14-20(13-18(23)26)6-10-24(11-7-20)19(27)16-12-15(4-5-17(16)21)25-9-3-8-22-25/h3-5,8-9,12H,2,6-7,10-11,13-14H2,1H3. The molecular formula is C20H23ClN4O2. The predicted octanol–water partition coefficient (Wildman–Crippen LogP) is 3.00. The van der Waals surface area contributed by atoms with Crippen molar-refractivity contribution < 1.29 is 9.59 Å². The minimum Gasteiger partial charge on any atom is -0.342 e. The summed E-state index contributed by atoms with van der Waals surface area (Å²) in [7, 11) is 0. The lowest BCUT2D eigenvalue weighted by Crippen LogP contribution is -2.44. The van der Waals surface area contributed by atoms with Gasteiger partial charge in [0.1, 0.15) is 0 Å². The van der Waals surface area contributed by atoms with Crippen LogP contribution in [0.3, 0.4) is 0 Å². The Balaban J connectivity index is 1.49. The van der Waals surface area contributed by atoms with Crippen LogP contribution in [0.15, 0.2) is 36.7 Å². The van der Waals surface area contributed by atoms with Gasteiger partial charge in [0.15, 0.2) is 0 Å². The maximum Gasteiger partial charge on any atom is 0.255 e. The van der Waals surface area contributed by atoms with Crippen LogP contribution in [0.25, 0.3) is 5.69 Å². The van der Waals surface area contributed by atoms with Gasteiger partial charge in [-0.3, -0.25) is 9.59 Å². The second-order valence-corrected chi connectivity index (χ2v) is 7.90. The highest BCUT2D eigenvalue weighted by atomic mass is 35.5. The summed E-state index contributed by atoms with van der Waals surface area (Å²) in [5.41, 5.74) is 1.34. The van der Waals surface area contributed by atoms with Crippen molar-refractivity contribution >= 4 is 23.4 Å². The van der Waals surface area contributed by atoms with Gasteiger partial charge in [-0.2, -0.15) is 5.10 Å². The second kappa shape index (κ2) is 7.00. The Kier molecular flexibility index (Phi) is 4.68. The molecule has 0 unspecified atom stereocenters. The molecule has 4 rings (SSSR count). The molecule has 1 aromatic carbocycles. The van der Waals surface area contributed by atoms with E-state index >= 15 is 0 Å². The van der Waals surface area contributed by atoms with Crippen molar-refractivity contribution in [1.82, 2.24) is 19.6 Å². The molecule has 27 heavy (non-hydrogen) atoms. The normalized spacial score (nSPS) is 19.1. The van der Waals surface area contributed by atoms with Gasteiger partial charge in [0.2, 0.25) is 5.91 Å². The highest BCUT2D eigenvalue weighted by Gasteiger charge is 2.45. The molecule has 1 aromatic heterocycles. The average Bonchev–Trinajstić information content (AvgIpc) is 3.31. The van der Waals surface area contributed by atoms with Crippen LogP contribution in [-0.4, -0.2) is 57.6 Å². The number of hydrogen-bond donors (Lipinski definition) is 0. The van der Waals surface area contributed by atoms with Gasteiger partial charge in [-0.25, -0.2) is 4.68 Å². The fraction of sp³-hybridized carbons (Fsp3) is 0.450. The van der Waals surface area contributed by atoms with Crippen molar-refractivity contribution in [2.24, 2.45) is 5.41 Å². The van der Waals surface area contributed by atoms with Gasteiger partial charge < -0.3 is 9.80 Å². The van der Waals surface area contributed by atoms with Crippen LogP contribution < -0.4 is 0 Å². The Hall–Kier alpha value is -2.34. The zero-order valence-corrected chi connectivity index (χ0v) is 16.2. The second-order valence-electron chi connectivity index (χ2n) is 7.49. The molecule has 2 saturated heterocycles. The van der Waals surface area contributed by atoms with Gasteiger partial charge in [-0.05, 0) is 44.0 Å².